The first-order chi connectivity index (χ1) is 10.8. The lowest BCUT2D eigenvalue weighted by Gasteiger charge is -2.15. The maximum Gasteiger partial charge on any atom is 0.416 e. The van der Waals surface area contributed by atoms with Crippen molar-refractivity contribution in [2.75, 3.05) is 0 Å². The summed E-state index contributed by atoms with van der Waals surface area (Å²) >= 11 is 0. The van der Waals surface area contributed by atoms with Crippen LogP contribution in [0.3, 0.4) is 0 Å². The third-order valence-corrected chi connectivity index (χ3v) is 3.50. The van der Waals surface area contributed by atoms with Crippen LogP contribution in [0, 0.1) is 5.82 Å². The van der Waals surface area contributed by atoms with E-state index >= 15 is 0 Å². The van der Waals surface area contributed by atoms with Crippen LogP contribution in [-0.2, 0) is 12.7 Å². The number of imide groups is 1. The minimum atomic E-state index is -4.71. The fourth-order valence-corrected chi connectivity index (χ4v) is 2.47. The van der Waals surface area contributed by atoms with Gasteiger partial charge in [-0.2, -0.15) is 13.2 Å². The summed E-state index contributed by atoms with van der Waals surface area (Å²) in [6, 6.07) is 8.05. The molecule has 2 amide bonds. The minimum absolute atomic E-state index is 0.105. The fraction of sp³-hybridized carbons (Fsp3) is 0.125. The number of hydrogen-bond donors (Lipinski definition) is 0. The van der Waals surface area contributed by atoms with E-state index in [0.717, 1.165) is 17.0 Å². The Hall–Kier alpha value is -2.70. The topological polar surface area (TPSA) is 37.4 Å². The number of nitrogens with zero attached hydrogens (tertiary/aromatic N) is 1. The zero-order valence-electron chi connectivity index (χ0n) is 11.5. The van der Waals surface area contributed by atoms with Gasteiger partial charge in [-0.1, -0.05) is 12.1 Å². The first-order valence-electron chi connectivity index (χ1n) is 6.59. The summed E-state index contributed by atoms with van der Waals surface area (Å²) in [5.74, 6) is -2.29. The van der Waals surface area contributed by atoms with E-state index in [1.54, 1.807) is 12.1 Å². The molecule has 2 aromatic rings. The van der Waals surface area contributed by atoms with Gasteiger partial charge in [0.1, 0.15) is 5.82 Å². The van der Waals surface area contributed by atoms with Crippen LogP contribution in [0.4, 0.5) is 17.6 Å². The maximum absolute atomic E-state index is 13.4. The number of halogens is 4. The Balaban J connectivity index is 1.94. The van der Waals surface area contributed by atoms with Crippen molar-refractivity contribution in [3.8, 4) is 0 Å². The zero-order valence-corrected chi connectivity index (χ0v) is 11.5. The Bertz CT molecular complexity index is 779. The Morgan fingerprint density at radius 1 is 0.913 bits per heavy atom. The minimum Gasteiger partial charge on any atom is -0.270 e. The van der Waals surface area contributed by atoms with Crippen LogP contribution in [0.25, 0.3) is 0 Å². The molecule has 23 heavy (non-hydrogen) atoms. The highest BCUT2D eigenvalue weighted by Crippen LogP contribution is 2.31. The molecular formula is C16H9F4NO2. The summed E-state index contributed by atoms with van der Waals surface area (Å²) in [5.41, 5.74) is -0.897. The summed E-state index contributed by atoms with van der Waals surface area (Å²) in [5, 5.41) is 0. The molecule has 1 aliphatic rings. The SMILES string of the molecule is O=C1c2ccccc2C(=O)N1Cc1cc(F)cc(C(F)(F)F)c1. The summed E-state index contributed by atoms with van der Waals surface area (Å²) in [4.78, 5) is 25.1. The summed E-state index contributed by atoms with van der Waals surface area (Å²) in [7, 11) is 0. The van der Waals surface area contributed by atoms with Crippen LogP contribution >= 0.6 is 0 Å². The predicted octanol–water partition coefficient (Wildman–Crippen LogP) is 3.64. The highest BCUT2D eigenvalue weighted by molar-refractivity contribution is 6.21. The van der Waals surface area contributed by atoms with Gasteiger partial charge in [0.05, 0.1) is 23.2 Å². The van der Waals surface area contributed by atoms with E-state index in [1.807, 2.05) is 0 Å². The van der Waals surface area contributed by atoms with Gasteiger partial charge < -0.3 is 0 Å². The fourth-order valence-electron chi connectivity index (χ4n) is 2.47. The third-order valence-electron chi connectivity index (χ3n) is 3.50. The molecular weight excluding hydrogens is 314 g/mol. The van der Waals surface area contributed by atoms with Gasteiger partial charge in [0.25, 0.3) is 11.8 Å². The van der Waals surface area contributed by atoms with Crippen LogP contribution in [-0.4, -0.2) is 16.7 Å². The first-order valence-corrected chi connectivity index (χ1v) is 6.59. The molecule has 1 aliphatic heterocycles. The lowest BCUT2D eigenvalue weighted by molar-refractivity contribution is -0.137. The van der Waals surface area contributed by atoms with Crippen LogP contribution in [0.2, 0.25) is 0 Å². The van der Waals surface area contributed by atoms with Gasteiger partial charge in [-0.15, -0.1) is 0 Å². The predicted molar refractivity (Wildman–Crippen MR) is 72.0 cm³/mol. The quantitative estimate of drug-likeness (QED) is 0.625. The number of rotatable bonds is 2. The maximum atomic E-state index is 13.4. The van der Waals surface area contributed by atoms with Crippen LogP contribution in [0.15, 0.2) is 42.5 Å². The Kier molecular flexibility index (Phi) is 3.43. The molecule has 1 heterocycles. The summed E-state index contributed by atoms with van der Waals surface area (Å²) in [6.07, 6.45) is -4.71. The van der Waals surface area contributed by atoms with E-state index in [2.05, 4.69) is 0 Å². The second-order valence-electron chi connectivity index (χ2n) is 5.09. The molecule has 0 N–H and O–H groups in total. The molecule has 0 aromatic heterocycles. The van der Waals surface area contributed by atoms with Crippen molar-refractivity contribution >= 4 is 11.8 Å². The molecule has 0 bridgehead atoms. The van der Waals surface area contributed by atoms with Gasteiger partial charge >= 0.3 is 6.18 Å². The van der Waals surface area contributed by atoms with E-state index < -0.39 is 35.9 Å². The Labute approximate surface area is 128 Å². The molecule has 0 saturated heterocycles. The monoisotopic (exact) mass is 323 g/mol. The number of amides is 2. The highest BCUT2D eigenvalue weighted by Gasteiger charge is 2.36. The number of alkyl halides is 3. The van der Waals surface area contributed by atoms with Crippen molar-refractivity contribution in [2.45, 2.75) is 12.7 Å². The normalized spacial score (nSPS) is 14.3. The van der Waals surface area contributed by atoms with Crippen molar-refractivity contribution in [1.29, 1.82) is 0 Å². The molecule has 7 heteroatoms. The number of fused-ring (bicyclic) bond motifs is 1. The van der Waals surface area contributed by atoms with E-state index in [4.69, 9.17) is 0 Å². The van der Waals surface area contributed by atoms with Crippen molar-refractivity contribution < 1.29 is 27.2 Å². The van der Waals surface area contributed by atoms with Crippen LogP contribution in [0.5, 0.6) is 0 Å². The average molecular weight is 323 g/mol. The Morgan fingerprint density at radius 3 is 2.00 bits per heavy atom. The molecule has 3 rings (SSSR count). The van der Waals surface area contributed by atoms with Crippen LogP contribution in [0.1, 0.15) is 31.8 Å². The second kappa shape index (κ2) is 5.19. The molecule has 0 saturated carbocycles. The molecule has 3 nitrogen and oxygen atoms in total. The van der Waals surface area contributed by atoms with E-state index in [-0.39, 0.29) is 16.7 Å². The number of benzene rings is 2. The third kappa shape index (κ3) is 2.69. The first kappa shape index (κ1) is 15.2. The van der Waals surface area contributed by atoms with E-state index in [0.29, 0.717) is 6.07 Å². The van der Waals surface area contributed by atoms with E-state index in [9.17, 15) is 27.2 Å². The molecule has 0 radical (unpaired) electrons. The van der Waals surface area contributed by atoms with Crippen LogP contribution < -0.4 is 0 Å². The van der Waals surface area contributed by atoms with Crippen molar-refractivity contribution in [1.82, 2.24) is 4.90 Å². The second-order valence-corrected chi connectivity index (χ2v) is 5.09. The van der Waals surface area contributed by atoms with E-state index in [1.165, 1.54) is 12.1 Å². The number of hydrogen-bond acceptors (Lipinski definition) is 2. The van der Waals surface area contributed by atoms with Gasteiger partial charge in [0.15, 0.2) is 0 Å². The summed E-state index contributed by atoms with van der Waals surface area (Å²) in [6.45, 7) is -0.423. The van der Waals surface area contributed by atoms with Crippen molar-refractivity contribution in [3.63, 3.8) is 0 Å². The number of carbonyl (C=O) groups excluding carboxylic acids is 2. The van der Waals surface area contributed by atoms with Gasteiger partial charge in [-0.25, -0.2) is 4.39 Å². The van der Waals surface area contributed by atoms with Gasteiger partial charge in [0, 0.05) is 0 Å². The average Bonchev–Trinajstić information content (AvgIpc) is 2.72. The molecule has 0 aliphatic carbocycles. The molecule has 118 valence electrons. The smallest absolute Gasteiger partial charge is 0.270 e. The lowest BCUT2D eigenvalue weighted by atomic mass is 10.1. The Morgan fingerprint density at radius 2 is 1.48 bits per heavy atom. The highest BCUT2D eigenvalue weighted by atomic mass is 19.4. The summed E-state index contributed by atoms with van der Waals surface area (Å²) < 4.78 is 51.5. The van der Waals surface area contributed by atoms with Crippen molar-refractivity contribution in [3.05, 3.63) is 70.5 Å². The number of carbonyl (C=O) groups is 2. The zero-order chi connectivity index (χ0) is 16.8. The molecule has 0 spiro atoms. The van der Waals surface area contributed by atoms with Gasteiger partial charge in [-0.05, 0) is 35.9 Å². The molecule has 0 unspecified atom stereocenters. The van der Waals surface area contributed by atoms with Gasteiger partial charge in [0.2, 0.25) is 0 Å². The van der Waals surface area contributed by atoms with Crippen molar-refractivity contribution in [2.24, 2.45) is 0 Å². The molecule has 0 fully saturated rings. The lowest BCUT2D eigenvalue weighted by Crippen LogP contribution is -2.29. The largest absolute Gasteiger partial charge is 0.416 e. The molecule has 0 atom stereocenters. The molecule has 2 aromatic carbocycles. The van der Waals surface area contributed by atoms with Gasteiger partial charge in [-0.3, -0.25) is 14.5 Å². The standard InChI is InChI=1S/C16H9F4NO2/c17-11-6-9(5-10(7-11)16(18,19)20)8-21-14(22)12-3-1-2-4-13(12)15(21)23/h1-7H,8H2.